The highest BCUT2D eigenvalue weighted by molar-refractivity contribution is 5.48. The molecule has 1 aromatic rings. The second-order valence-corrected chi connectivity index (χ2v) is 2.65. The number of nitrogens with two attached hydrogens (primary N) is 1. The lowest BCUT2D eigenvalue weighted by Gasteiger charge is -1.94. The Morgan fingerprint density at radius 3 is 2.62 bits per heavy atom. The molecule has 0 aromatic heterocycles. The Balaban J connectivity index is 2.73. The molecule has 3 heteroatoms. The minimum atomic E-state index is -0.824. The van der Waals surface area contributed by atoms with Crippen LogP contribution in [-0.2, 0) is 0 Å². The largest absolute Gasteiger partial charge is 0.330 e. The molecule has 1 rings (SSSR count). The molecule has 2 N–H and O–H groups in total. The van der Waals surface area contributed by atoms with Gasteiger partial charge in [0.25, 0.3) is 0 Å². The van der Waals surface area contributed by atoms with Crippen molar-refractivity contribution in [2.75, 3.05) is 6.54 Å². The summed E-state index contributed by atoms with van der Waals surface area (Å²) in [5.41, 5.74) is 5.91. The van der Waals surface area contributed by atoms with Gasteiger partial charge in [0.15, 0.2) is 11.6 Å². The zero-order valence-electron chi connectivity index (χ0n) is 7.13. The van der Waals surface area contributed by atoms with Crippen molar-refractivity contribution in [3.8, 4) is 0 Å². The molecule has 1 aromatic carbocycles. The molecule has 0 fully saturated rings. The fourth-order valence-corrected chi connectivity index (χ4v) is 0.932. The molecule has 0 aliphatic rings. The molecule has 0 amide bonds. The SMILES string of the molecule is NCCC=Cc1ccc(F)c(F)c1. The van der Waals surface area contributed by atoms with Crippen molar-refractivity contribution in [2.45, 2.75) is 6.42 Å². The Morgan fingerprint density at radius 2 is 2.00 bits per heavy atom. The average molecular weight is 183 g/mol. The quantitative estimate of drug-likeness (QED) is 0.764. The molecule has 70 valence electrons. The summed E-state index contributed by atoms with van der Waals surface area (Å²) in [5.74, 6) is -1.65. The standard InChI is InChI=1S/C10H11F2N/c11-9-5-4-8(7-10(9)12)3-1-2-6-13/h1,3-5,7H,2,6,13H2. The van der Waals surface area contributed by atoms with Gasteiger partial charge in [-0.1, -0.05) is 18.2 Å². The first kappa shape index (κ1) is 9.86. The highest BCUT2D eigenvalue weighted by Crippen LogP contribution is 2.09. The number of hydrogen-bond acceptors (Lipinski definition) is 1. The molecular formula is C10H11F2N. The Kier molecular flexibility index (Phi) is 3.58. The third kappa shape index (κ3) is 2.95. The molecule has 1 nitrogen and oxygen atoms in total. The molecule has 0 atom stereocenters. The summed E-state index contributed by atoms with van der Waals surface area (Å²) >= 11 is 0. The molecule has 0 radical (unpaired) electrons. The van der Waals surface area contributed by atoms with Gasteiger partial charge in [0, 0.05) is 0 Å². The summed E-state index contributed by atoms with van der Waals surface area (Å²) in [5, 5.41) is 0. The van der Waals surface area contributed by atoms with E-state index < -0.39 is 11.6 Å². The second kappa shape index (κ2) is 4.72. The maximum atomic E-state index is 12.7. The van der Waals surface area contributed by atoms with Crippen molar-refractivity contribution in [1.82, 2.24) is 0 Å². The van der Waals surface area contributed by atoms with E-state index in [4.69, 9.17) is 5.73 Å². The number of halogens is 2. The Hall–Kier alpha value is -1.22. The Morgan fingerprint density at radius 1 is 1.23 bits per heavy atom. The summed E-state index contributed by atoms with van der Waals surface area (Å²) < 4.78 is 25.1. The van der Waals surface area contributed by atoms with Gasteiger partial charge < -0.3 is 5.73 Å². The van der Waals surface area contributed by atoms with Crippen molar-refractivity contribution in [2.24, 2.45) is 5.73 Å². The fraction of sp³-hybridized carbons (Fsp3) is 0.200. The molecule has 0 saturated heterocycles. The number of hydrogen-bond donors (Lipinski definition) is 1. The highest BCUT2D eigenvalue weighted by Gasteiger charge is 1.99. The van der Waals surface area contributed by atoms with E-state index in [1.54, 1.807) is 6.08 Å². The van der Waals surface area contributed by atoms with Crippen molar-refractivity contribution in [1.29, 1.82) is 0 Å². The highest BCUT2D eigenvalue weighted by atomic mass is 19.2. The lowest BCUT2D eigenvalue weighted by Crippen LogP contribution is -1.95. The predicted molar refractivity (Wildman–Crippen MR) is 49.1 cm³/mol. The van der Waals surface area contributed by atoms with E-state index in [-0.39, 0.29) is 0 Å². The minimum Gasteiger partial charge on any atom is -0.330 e. The van der Waals surface area contributed by atoms with Crippen LogP contribution in [0.5, 0.6) is 0 Å². The lowest BCUT2D eigenvalue weighted by molar-refractivity contribution is 0.508. The van der Waals surface area contributed by atoms with E-state index >= 15 is 0 Å². The first-order valence-electron chi connectivity index (χ1n) is 4.05. The molecule has 0 aliphatic heterocycles. The van der Waals surface area contributed by atoms with Gasteiger partial charge in [-0.15, -0.1) is 0 Å². The molecule has 0 bridgehead atoms. The number of rotatable bonds is 3. The van der Waals surface area contributed by atoms with E-state index in [0.717, 1.165) is 18.6 Å². The van der Waals surface area contributed by atoms with Crippen LogP contribution in [-0.4, -0.2) is 6.54 Å². The van der Waals surface area contributed by atoms with Crippen LogP contribution in [0.25, 0.3) is 6.08 Å². The normalized spacial score (nSPS) is 11.0. The van der Waals surface area contributed by atoms with Crippen molar-refractivity contribution < 1.29 is 8.78 Å². The van der Waals surface area contributed by atoms with Gasteiger partial charge in [-0.3, -0.25) is 0 Å². The molecule has 0 spiro atoms. The van der Waals surface area contributed by atoms with Crippen LogP contribution in [0.3, 0.4) is 0 Å². The van der Waals surface area contributed by atoms with Crippen LogP contribution >= 0.6 is 0 Å². The van der Waals surface area contributed by atoms with Gasteiger partial charge in [0.05, 0.1) is 0 Å². The average Bonchev–Trinajstić information content (AvgIpc) is 2.12. The van der Waals surface area contributed by atoms with Gasteiger partial charge in [-0.25, -0.2) is 8.78 Å². The van der Waals surface area contributed by atoms with Crippen LogP contribution in [0.15, 0.2) is 24.3 Å². The first-order chi connectivity index (χ1) is 6.24. The van der Waals surface area contributed by atoms with Gasteiger partial charge in [0.2, 0.25) is 0 Å². The summed E-state index contributed by atoms with van der Waals surface area (Å²) in [6.07, 6.45) is 4.28. The third-order valence-electron chi connectivity index (χ3n) is 1.59. The van der Waals surface area contributed by atoms with E-state index in [1.807, 2.05) is 6.08 Å². The predicted octanol–water partition coefficient (Wildman–Crippen LogP) is 2.33. The van der Waals surface area contributed by atoms with Crippen molar-refractivity contribution in [3.63, 3.8) is 0 Å². The summed E-state index contributed by atoms with van der Waals surface area (Å²) in [7, 11) is 0. The van der Waals surface area contributed by atoms with E-state index in [0.29, 0.717) is 12.1 Å². The van der Waals surface area contributed by atoms with Crippen LogP contribution < -0.4 is 5.73 Å². The first-order valence-corrected chi connectivity index (χ1v) is 4.05. The minimum absolute atomic E-state index is 0.556. The van der Waals surface area contributed by atoms with Crippen molar-refractivity contribution >= 4 is 6.08 Å². The maximum Gasteiger partial charge on any atom is 0.159 e. The van der Waals surface area contributed by atoms with Crippen LogP contribution in [0.1, 0.15) is 12.0 Å². The monoisotopic (exact) mass is 183 g/mol. The molecular weight excluding hydrogens is 172 g/mol. The van der Waals surface area contributed by atoms with Gasteiger partial charge in [-0.2, -0.15) is 0 Å². The molecule has 0 heterocycles. The van der Waals surface area contributed by atoms with Crippen LogP contribution in [0, 0.1) is 11.6 Å². The molecule has 0 unspecified atom stereocenters. The Bertz CT molecular complexity index is 308. The van der Waals surface area contributed by atoms with Gasteiger partial charge in [0.1, 0.15) is 0 Å². The number of benzene rings is 1. The van der Waals surface area contributed by atoms with E-state index in [2.05, 4.69) is 0 Å². The lowest BCUT2D eigenvalue weighted by atomic mass is 10.2. The maximum absolute atomic E-state index is 12.7. The van der Waals surface area contributed by atoms with Gasteiger partial charge >= 0.3 is 0 Å². The Labute approximate surface area is 75.9 Å². The second-order valence-electron chi connectivity index (χ2n) is 2.65. The summed E-state index contributed by atoms with van der Waals surface area (Å²) in [6.45, 7) is 0.556. The van der Waals surface area contributed by atoms with E-state index in [1.165, 1.54) is 6.07 Å². The summed E-state index contributed by atoms with van der Waals surface area (Å²) in [4.78, 5) is 0. The van der Waals surface area contributed by atoms with Gasteiger partial charge in [-0.05, 0) is 30.7 Å². The van der Waals surface area contributed by atoms with Crippen LogP contribution in [0.4, 0.5) is 8.78 Å². The van der Waals surface area contributed by atoms with Crippen LogP contribution in [0.2, 0.25) is 0 Å². The molecule has 13 heavy (non-hydrogen) atoms. The summed E-state index contributed by atoms with van der Waals surface area (Å²) in [6, 6.07) is 3.78. The fourth-order valence-electron chi connectivity index (χ4n) is 0.932. The topological polar surface area (TPSA) is 26.0 Å². The third-order valence-corrected chi connectivity index (χ3v) is 1.59. The van der Waals surface area contributed by atoms with Crippen molar-refractivity contribution in [3.05, 3.63) is 41.5 Å². The zero-order valence-corrected chi connectivity index (χ0v) is 7.13. The molecule has 0 aliphatic carbocycles. The zero-order chi connectivity index (χ0) is 9.68. The van der Waals surface area contributed by atoms with E-state index in [9.17, 15) is 8.78 Å². The smallest absolute Gasteiger partial charge is 0.159 e. The molecule has 0 saturated carbocycles.